The second kappa shape index (κ2) is 7.35. The fourth-order valence-electron chi connectivity index (χ4n) is 2.00. The number of nitrogens with zero attached hydrogens (tertiary/aromatic N) is 2. The van der Waals surface area contributed by atoms with E-state index in [0.29, 0.717) is 19.8 Å². The molecule has 4 nitrogen and oxygen atoms in total. The quantitative estimate of drug-likeness (QED) is 0.643. The first-order valence-electron chi connectivity index (χ1n) is 7.35. The molecule has 0 N–H and O–H groups in total. The van der Waals surface area contributed by atoms with Gasteiger partial charge in [-0.05, 0) is 18.1 Å². The molecule has 0 bridgehead atoms. The molecule has 2 rings (SSSR count). The van der Waals surface area contributed by atoms with E-state index in [9.17, 15) is 0 Å². The molecule has 0 saturated carbocycles. The molecule has 0 radical (unpaired) electrons. The lowest BCUT2D eigenvalue weighted by atomic mass is 9.90. The van der Waals surface area contributed by atoms with Gasteiger partial charge in [0.15, 0.2) is 0 Å². The fraction of sp³-hybridized carbons (Fsp3) is 0.444. The molecular formula is C18H22N2O2. The number of methoxy groups -OCH3 is 1. The van der Waals surface area contributed by atoms with Crippen LogP contribution in [-0.4, -0.2) is 36.9 Å². The number of rotatable bonds is 4. The van der Waals surface area contributed by atoms with E-state index in [1.807, 2.05) is 24.3 Å². The van der Waals surface area contributed by atoms with Gasteiger partial charge in [-0.15, -0.1) is 0 Å². The van der Waals surface area contributed by atoms with E-state index in [4.69, 9.17) is 14.5 Å². The van der Waals surface area contributed by atoms with Crippen molar-refractivity contribution < 1.29 is 9.47 Å². The number of hydrogen-bond acceptors (Lipinski definition) is 4. The Morgan fingerprint density at radius 2 is 1.73 bits per heavy atom. The van der Waals surface area contributed by atoms with Gasteiger partial charge in [0.1, 0.15) is 12.3 Å². The highest BCUT2D eigenvalue weighted by Crippen LogP contribution is 2.24. The Bertz CT molecular complexity index is 694. The molecule has 0 unspecified atom stereocenters. The van der Waals surface area contributed by atoms with E-state index in [2.05, 4.69) is 37.6 Å². The minimum Gasteiger partial charge on any atom is -0.382 e. The summed E-state index contributed by atoms with van der Waals surface area (Å²) in [6.07, 6.45) is 0. The molecule has 1 aromatic carbocycles. The van der Waals surface area contributed by atoms with Gasteiger partial charge in [0.25, 0.3) is 0 Å². The summed E-state index contributed by atoms with van der Waals surface area (Å²) >= 11 is 0. The van der Waals surface area contributed by atoms with Crippen molar-refractivity contribution in [2.75, 3.05) is 26.9 Å². The van der Waals surface area contributed by atoms with Crippen LogP contribution in [0.2, 0.25) is 0 Å². The Balaban J connectivity index is 2.28. The normalized spacial score (nSPS) is 11.3. The predicted octanol–water partition coefficient (Wildman–Crippen LogP) is 2.94. The summed E-state index contributed by atoms with van der Waals surface area (Å²) in [5, 5.41) is 0. The van der Waals surface area contributed by atoms with Gasteiger partial charge in [0.05, 0.1) is 29.9 Å². The maximum absolute atomic E-state index is 5.36. The zero-order chi connectivity index (χ0) is 16.0. The lowest BCUT2D eigenvalue weighted by molar-refractivity contribution is 0.0877. The van der Waals surface area contributed by atoms with E-state index in [1.165, 1.54) is 0 Å². The summed E-state index contributed by atoms with van der Waals surface area (Å²) in [5.41, 5.74) is 3.28. The molecule has 0 amide bonds. The molecule has 2 aromatic rings. The summed E-state index contributed by atoms with van der Waals surface area (Å²) in [7, 11) is 1.65. The number of benzene rings is 1. The van der Waals surface area contributed by atoms with Crippen LogP contribution in [0.15, 0.2) is 24.3 Å². The lowest BCUT2D eigenvalue weighted by Gasteiger charge is -2.19. The fourth-order valence-corrected chi connectivity index (χ4v) is 2.00. The average Bonchev–Trinajstić information content (AvgIpc) is 2.49. The minimum atomic E-state index is -0.113. The lowest BCUT2D eigenvalue weighted by Crippen LogP contribution is -2.17. The number of hydrogen-bond donors (Lipinski definition) is 0. The molecule has 0 aliphatic rings. The first-order chi connectivity index (χ1) is 10.5. The summed E-state index contributed by atoms with van der Waals surface area (Å²) < 4.78 is 10.3. The highest BCUT2D eigenvalue weighted by atomic mass is 16.5. The second-order valence-corrected chi connectivity index (χ2v) is 6.01. The summed E-state index contributed by atoms with van der Waals surface area (Å²) in [6, 6.07) is 7.86. The van der Waals surface area contributed by atoms with Crippen LogP contribution in [0, 0.1) is 11.8 Å². The van der Waals surface area contributed by atoms with E-state index < -0.39 is 0 Å². The molecule has 0 aliphatic carbocycles. The van der Waals surface area contributed by atoms with Gasteiger partial charge >= 0.3 is 0 Å². The Morgan fingerprint density at radius 3 is 2.36 bits per heavy atom. The standard InChI is InChI=1S/C18H22N2O2/c1-18(2,3)17-16(10-7-11-22-13-12-21-4)19-14-8-5-6-9-15(14)20-17/h5-6,8-9H,11-13H2,1-4H3. The molecule has 1 heterocycles. The molecular weight excluding hydrogens is 276 g/mol. The van der Waals surface area contributed by atoms with Gasteiger partial charge in [-0.25, -0.2) is 9.97 Å². The van der Waals surface area contributed by atoms with Crippen LogP contribution in [0.1, 0.15) is 32.2 Å². The highest BCUT2D eigenvalue weighted by Gasteiger charge is 2.21. The van der Waals surface area contributed by atoms with Crippen molar-refractivity contribution in [1.82, 2.24) is 9.97 Å². The topological polar surface area (TPSA) is 44.2 Å². The molecule has 0 atom stereocenters. The van der Waals surface area contributed by atoms with Gasteiger partial charge in [0.2, 0.25) is 0 Å². The molecule has 0 aliphatic heterocycles. The molecule has 0 spiro atoms. The summed E-state index contributed by atoms with van der Waals surface area (Å²) in [5.74, 6) is 6.11. The van der Waals surface area contributed by atoms with Gasteiger partial charge in [-0.2, -0.15) is 0 Å². The summed E-state index contributed by atoms with van der Waals surface area (Å²) in [4.78, 5) is 9.41. The van der Waals surface area contributed by atoms with E-state index >= 15 is 0 Å². The van der Waals surface area contributed by atoms with Crippen molar-refractivity contribution in [3.8, 4) is 11.8 Å². The third-order valence-corrected chi connectivity index (χ3v) is 3.09. The van der Waals surface area contributed by atoms with E-state index in [0.717, 1.165) is 22.4 Å². The molecule has 22 heavy (non-hydrogen) atoms. The third-order valence-electron chi connectivity index (χ3n) is 3.09. The van der Waals surface area contributed by atoms with Gasteiger partial charge in [-0.1, -0.05) is 38.8 Å². The van der Waals surface area contributed by atoms with E-state index in [-0.39, 0.29) is 5.41 Å². The SMILES string of the molecule is COCCOCC#Cc1nc2ccccc2nc1C(C)(C)C. The smallest absolute Gasteiger partial charge is 0.136 e. The van der Waals surface area contributed by atoms with Crippen molar-refractivity contribution in [2.45, 2.75) is 26.2 Å². The van der Waals surface area contributed by atoms with Crippen LogP contribution in [0.4, 0.5) is 0 Å². The van der Waals surface area contributed by atoms with Gasteiger partial charge in [-0.3, -0.25) is 0 Å². The van der Waals surface area contributed by atoms with Crippen molar-refractivity contribution in [3.63, 3.8) is 0 Å². The molecule has 116 valence electrons. The maximum atomic E-state index is 5.36. The van der Waals surface area contributed by atoms with Crippen LogP contribution in [0.25, 0.3) is 11.0 Å². The van der Waals surface area contributed by atoms with Crippen LogP contribution < -0.4 is 0 Å². The Hall–Kier alpha value is -1.96. The molecule has 0 saturated heterocycles. The number of para-hydroxylation sites is 2. The minimum absolute atomic E-state index is 0.113. The predicted molar refractivity (Wildman–Crippen MR) is 87.8 cm³/mol. The van der Waals surface area contributed by atoms with Gasteiger partial charge in [0, 0.05) is 12.5 Å². The van der Waals surface area contributed by atoms with Crippen molar-refractivity contribution in [1.29, 1.82) is 0 Å². The Kier molecular flexibility index (Phi) is 5.48. The monoisotopic (exact) mass is 298 g/mol. The van der Waals surface area contributed by atoms with Crippen LogP contribution in [0.3, 0.4) is 0 Å². The number of aromatic nitrogens is 2. The molecule has 0 fully saturated rings. The molecule has 4 heteroatoms. The molecule has 1 aromatic heterocycles. The van der Waals surface area contributed by atoms with Crippen LogP contribution >= 0.6 is 0 Å². The zero-order valence-corrected chi connectivity index (χ0v) is 13.6. The number of ether oxygens (including phenoxy) is 2. The zero-order valence-electron chi connectivity index (χ0n) is 13.6. The number of fused-ring (bicyclic) bond motifs is 1. The largest absolute Gasteiger partial charge is 0.382 e. The van der Waals surface area contributed by atoms with Crippen molar-refractivity contribution in [2.24, 2.45) is 0 Å². The Labute approximate surface area is 131 Å². The second-order valence-electron chi connectivity index (χ2n) is 6.01. The van der Waals surface area contributed by atoms with Crippen molar-refractivity contribution in [3.05, 3.63) is 35.7 Å². The van der Waals surface area contributed by atoms with Crippen LogP contribution in [-0.2, 0) is 14.9 Å². The third kappa shape index (κ3) is 4.27. The summed E-state index contributed by atoms with van der Waals surface area (Å²) in [6.45, 7) is 7.83. The van der Waals surface area contributed by atoms with Crippen molar-refractivity contribution >= 4 is 11.0 Å². The highest BCUT2D eigenvalue weighted by molar-refractivity contribution is 5.75. The average molecular weight is 298 g/mol. The maximum Gasteiger partial charge on any atom is 0.136 e. The van der Waals surface area contributed by atoms with Crippen LogP contribution in [0.5, 0.6) is 0 Å². The first-order valence-corrected chi connectivity index (χ1v) is 7.35. The first kappa shape index (κ1) is 16.4. The van der Waals surface area contributed by atoms with E-state index in [1.54, 1.807) is 7.11 Å². The van der Waals surface area contributed by atoms with Gasteiger partial charge < -0.3 is 9.47 Å². The Morgan fingerprint density at radius 1 is 1.05 bits per heavy atom.